The number of likely N-dealkylation sites (tertiary alicyclic amines) is 1. The summed E-state index contributed by atoms with van der Waals surface area (Å²) < 4.78 is 26.0. The van der Waals surface area contributed by atoms with Gasteiger partial charge >= 0.3 is 0 Å². The molecular formula is C16H20F2N4O. The number of hydrogen-bond donors (Lipinski definition) is 0. The van der Waals surface area contributed by atoms with Crippen LogP contribution in [0.5, 0.6) is 0 Å². The van der Waals surface area contributed by atoms with E-state index in [4.69, 9.17) is 0 Å². The van der Waals surface area contributed by atoms with Crippen molar-refractivity contribution in [1.29, 1.82) is 0 Å². The number of piperidine rings is 1. The number of carbonyl (C=O) groups is 1. The molecule has 5 nitrogen and oxygen atoms in total. The van der Waals surface area contributed by atoms with Crippen molar-refractivity contribution >= 4 is 11.7 Å². The molecule has 1 amide bonds. The summed E-state index contributed by atoms with van der Waals surface area (Å²) in [7, 11) is 0. The highest BCUT2D eigenvalue weighted by Gasteiger charge is 2.51. The molecule has 3 heterocycles. The van der Waals surface area contributed by atoms with Crippen LogP contribution in [-0.4, -0.2) is 52.9 Å². The molecule has 23 heavy (non-hydrogen) atoms. The Labute approximate surface area is 133 Å². The first kappa shape index (κ1) is 14.8. The first-order chi connectivity index (χ1) is 11.0. The average Bonchev–Trinajstić information content (AvgIpc) is 2.95. The molecule has 0 N–H and O–H groups in total. The van der Waals surface area contributed by atoms with Crippen LogP contribution in [0, 0.1) is 17.8 Å². The van der Waals surface area contributed by atoms with Crippen LogP contribution in [0.2, 0.25) is 0 Å². The normalized spacial score (nSPS) is 30.0. The lowest BCUT2D eigenvalue weighted by Crippen LogP contribution is -2.46. The summed E-state index contributed by atoms with van der Waals surface area (Å²) in [5.74, 6) is -1.43. The molecule has 4 rings (SSSR count). The van der Waals surface area contributed by atoms with Crippen molar-refractivity contribution in [2.45, 2.75) is 25.2 Å². The summed E-state index contributed by atoms with van der Waals surface area (Å²) in [5.41, 5.74) is 0. The second kappa shape index (κ2) is 5.39. The van der Waals surface area contributed by atoms with Crippen LogP contribution in [0.1, 0.15) is 19.3 Å². The van der Waals surface area contributed by atoms with Gasteiger partial charge in [-0.1, -0.05) is 0 Å². The second-order valence-corrected chi connectivity index (χ2v) is 7.02. The largest absolute Gasteiger partial charge is 0.355 e. The Bertz CT molecular complexity index is 589. The number of aromatic nitrogens is 2. The smallest absolute Gasteiger partial charge is 0.249 e. The summed E-state index contributed by atoms with van der Waals surface area (Å²) >= 11 is 0. The first-order valence-corrected chi connectivity index (χ1v) is 8.19. The Kier molecular flexibility index (Phi) is 3.46. The summed E-state index contributed by atoms with van der Waals surface area (Å²) in [6.07, 6.45) is 5.55. The summed E-state index contributed by atoms with van der Waals surface area (Å²) in [5, 5.41) is 0. The fraction of sp³-hybridized carbons (Fsp3) is 0.688. The van der Waals surface area contributed by atoms with Gasteiger partial charge in [0.1, 0.15) is 5.82 Å². The number of fused-ring (bicyclic) bond motifs is 1. The van der Waals surface area contributed by atoms with Crippen molar-refractivity contribution in [3.63, 3.8) is 0 Å². The van der Waals surface area contributed by atoms with Gasteiger partial charge in [0.05, 0.1) is 6.20 Å². The van der Waals surface area contributed by atoms with E-state index in [0.717, 1.165) is 31.9 Å². The second-order valence-electron chi connectivity index (χ2n) is 7.02. The lowest BCUT2D eigenvalue weighted by atomic mass is 9.80. The highest BCUT2D eigenvalue weighted by molar-refractivity contribution is 5.80. The van der Waals surface area contributed by atoms with Crippen molar-refractivity contribution in [2.75, 3.05) is 31.1 Å². The Balaban J connectivity index is 1.37. The van der Waals surface area contributed by atoms with E-state index in [1.54, 1.807) is 18.6 Å². The van der Waals surface area contributed by atoms with Crippen molar-refractivity contribution in [3.8, 4) is 0 Å². The molecule has 7 heteroatoms. The number of nitrogens with zero attached hydrogens (tertiary/aromatic N) is 4. The van der Waals surface area contributed by atoms with Crippen molar-refractivity contribution in [3.05, 3.63) is 18.6 Å². The Hall–Kier alpha value is -1.79. The van der Waals surface area contributed by atoms with E-state index in [9.17, 15) is 13.6 Å². The molecule has 0 radical (unpaired) electrons. The van der Waals surface area contributed by atoms with E-state index in [0.29, 0.717) is 18.4 Å². The lowest BCUT2D eigenvalue weighted by molar-refractivity contribution is -0.159. The molecule has 1 saturated carbocycles. The highest BCUT2D eigenvalue weighted by Crippen LogP contribution is 2.44. The Morgan fingerprint density at radius 1 is 1.17 bits per heavy atom. The minimum atomic E-state index is -2.63. The van der Waals surface area contributed by atoms with Crippen molar-refractivity contribution in [2.24, 2.45) is 17.8 Å². The quantitative estimate of drug-likeness (QED) is 0.833. The Morgan fingerprint density at radius 2 is 1.96 bits per heavy atom. The minimum Gasteiger partial charge on any atom is -0.355 e. The molecule has 124 valence electrons. The predicted octanol–water partition coefficient (Wildman–Crippen LogP) is 1.81. The van der Waals surface area contributed by atoms with Gasteiger partial charge in [0, 0.05) is 57.3 Å². The standard InChI is InChI=1S/C16H20F2N4O/c17-16(18)5-12(6-16)15(23)22-8-11-1-4-21(9-13(11)10-22)14-7-19-2-3-20-14/h2-3,7,11-13H,1,4-6,8-10H2. The van der Waals surface area contributed by atoms with Gasteiger partial charge < -0.3 is 9.80 Å². The monoisotopic (exact) mass is 322 g/mol. The third-order valence-electron chi connectivity index (χ3n) is 5.43. The van der Waals surface area contributed by atoms with Crippen molar-refractivity contribution < 1.29 is 13.6 Å². The summed E-state index contributed by atoms with van der Waals surface area (Å²) in [4.78, 5) is 24.8. The minimum absolute atomic E-state index is 0.0728. The topological polar surface area (TPSA) is 49.3 Å². The third-order valence-corrected chi connectivity index (χ3v) is 5.43. The molecule has 2 atom stereocenters. The van der Waals surface area contributed by atoms with Crippen molar-refractivity contribution in [1.82, 2.24) is 14.9 Å². The molecule has 0 aromatic carbocycles. The molecular weight excluding hydrogens is 302 g/mol. The predicted molar refractivity (Wildman–Crippen MR) is 80.1 cm³/mol. The van der Waals surface area contributed by atoms with Gasteiger partial charge in [-0.3, -0.25) is 9.78 Å². The average molecular weight is 322 g/mol. The molecule has 2 aliphatic heterocycles. The molecule has 2 saturated heterocycles. The number of hydrogen-bond acceptors (Lipinski definition) is 4. The van der Waals surface area contributed by atoms with Gasteiger partial charge in [0.2, 0.25) is 11.8 Å². The highest BCUT2D eigenvalue weighted by atomic mass is 19.3. The summed E-state index contributed by atoms with van der Waals surface area (Å²) in [6.45, 7) is 3.17. The zero-order valence-corrected chi connectivity index (χ0v) is 12.9. The molecule has 0 spiro atoms. The Morgan fingerprint density at radius 3 is 2.65 bits per heavy atom. The van der Waals surface area contributed by atoms with Gasteiger partial charge in [-0.25, -0.2) is 13.8 Å². The SMILES string of the molecule is O=C(C1CC(F)(F)C1)N1CC2CCN(c3cnccn3)CC2C1. The third kappa shape index (κ3) is 2.77. The van der Waals surface area contributed by atoms with E-state index >= 15 is 0 Å². The molecule has 1 aromatic rings. The molecule has 3 aliphatic rings. The number of anilines is 1. The van der Waals surface area contributed by atoms with Crippen LogP contribution >= 0.6 is 0 Å². The molecule has 0 bridgehead atoms. The maximum absolute atomic E-state index is 13.0. The molecule has 1 aliphatic carbocycles. The van der Waals surface area contributed by atoms with Crippen LogP contribution in [0.4, 0.5) is 14.6 Å². The van der Waals surface area contributed by atoms with Gasteiger partial charge in [0.25, 0.3) is 0 Å². The molecule has 3 fully saturated rings. The molecule has 1 aromatic heterocycles. The fourth-order valence-electron chi connectivity index (χ4n) is 4.11. The van der Waals surface area contributed by atoms with E-state index < -0.39 is 11.8 Å². The number of carbonyl (C=O) groups excluding carboxylic acids is 1. The number of halogens is 2. The van der Waals surface area contributed by atoms with Crippen LogP contribution in [0.3, 0.4) is 0 Å². The molecule has 2 unspecified atom stereocenters. The first-order valence-electron chi connectivity index (χ1n) is 8.19. The van der Waals surface area contributed by atoms with E-state index in [1.807, 2.05) is 4.90 Å². The number of alkyl halides is 2. The maximum atomic E-state index is 13.0. The van der Waals surface area contributed by atoms with Crippen LogP contribution < -0.4 is 4.90 Å². The zero-order valence-electron chi connectivity index (χ0n) is 12.9. The van der Waals surface area contributed by atoms with Crippen LogP contribution in [0.15, 0.2) is 18.6 Å². The van der Waals surface area contributed by atoms with Gasteiger partial charge in [-0.15, -0.1) is 0 Å². The van der Waals surface area contributed by atoms with Gasteiger partial charge in [-0.05, 0) is 18.3 Å². The zero-order chi connectivity index (χ0) is 16.0. The lowest BCUT2D eigenvalue weighted by Gasteiger charge is -2.36. The maximum Gasteiger partial charge on any atom is 0.249 e. The van der Waals surface area contributed by atoms with Gasteiger partial charge in [-0.2, -0.15) is 0 Å². The van der Waals surface area contributed by atoms with Crippen LogP contribution in [-0.2, 0) is 4.79 Å². The van der Waals surface area contributed by atoms with Gasteiger partial charge in [0.15, 0.2) is 0 Å². The van der Waals surface area contributed by atoms with E-state index in [2.05, 4.69) is 14.9 Å². The van der Waals surface area contributed by atoms with Crippen LogP contribution in [0.25, 0.3) is 0 Å². The van der Waals surface area contributed by atoms with E-state index in [-0.39, 0.29) is 18.7 Å². The number of amides is 1. The van der Waals surface area contributed by atoms with E-state index in [1.165, 1.54) is 0 Å². The fourth-order valence-corrected chi connectivity index (χ4v) is 4.11. The summed E-state index contributed by atoms with van der Waals surface area (Å²) in [6, 6.07) is 0. The number of rotatable bonds is 2.